The molecule has 0 spiro atoms. The van der Waals surface area contributed by atoms with Gasteiger partial charge in [-0.1, -0.05) is 42.5 Å². The molecule has 1 aliphatic rings. The third kappa shape index (κ3) is 4.13. The van der Waals surface area contributed by atoms with E-state index in [4.69, 9.17) is 9.47 Å². The second-order valence-corrected chi connectivity index (χ2v) is 8.18. The van der Waals surface area contributed by atoms with Gasteiger partial charge < -0.3 is 9.47 Å². The fourth-order valence-corrected chi connectivity index (χ4v) is 4.21. The Kier molecular flexibility index (Phi) is 5.50. The van der Waals surface area contributed by atoms with Crippen LogP contribution in [0.15, 0.2) is 42.5 Å². The molecule has 1 saturated heterocycles. The van der Waals surface area contributed by atoms with Crippen LogP contribution in [0.3, 0.4) is 0 Å². The lowest BCUT2D eigenvalue weighted by atomic mass is 10.0. The van der Waals surface area contributed by atoms with Crippen LogP contribution in [-0.4, -0.2) is 58.0 Å². The fraction of sp³-hybridized carbons (Fsp3) is 0.444. The molecule has 1 unspecified atom stereocenters. The van der Waals surface area contributed by atoms with E-state index in [0.717, 1.165) is 5.56 Å². The van der Waals surface area contributed by atoms with Gasteiger partial charge in [-0.15, -0.1) is 0 Å². The van der Waals surface area contributed by atoms with E-state index < -0.39 is 10.0 Å². The lowest BCUT2D eigenvalue weighted by molar-refractivity contribution is -0.0784. The Morgan fingerprint density at radius 3 is 2.71 bits per heavy atom. The number of fused-ring (bicyclic) bond motifs is 1. The summed E-state index contributed by atoms with van der Waals surface area (Å²) in [7, 11) is -1.73. The van der Waals surface area contributed by atoms with Crippen LogP contribution in [0.2, 0.25) is 0 Å². The number of sulfonamides is 1. The third-order valence-corrected chi connectivity index (χ3v) is 6.26. The number of nitrogens with zero attached hydrogens (tertiary/aromatic N) is 1. The van der Waals surface area contributed by atoms with E-state index in [1.807, 2.05) is 18.2 Å². The molecule has 0 amide bonds. The Balaban J connectivity index is 1.64. The van der Waals surface area contributed by atoms with Crippen LogP contribution < -0.4 is 0 Å². The van der Waals surface area contributed by atoms with Crippen molar-refractivity contribution in [3.8, 4) is 0 Å². The van der Waals surface area contributed by atoms with Crippen molar-refractivity contribution in [2.45, 2.75) is 12.5 Å². The summed E-state index contributed by atoms with van der Waals surface area (Å²) in [5, 5.41) is 2.35. The summed E-state index contributed by atoms with van der Waals surface area (Å²) >= 11 is 0. The molecule has 3 rings (SSSR count). The molecule has 0 bridgehead atoms. The number of hydrogen-bond acceptors (Lipinski definition) is 4. The number of benzene rings is 2. The topological polar surface area (TPSA) is 55.8 Å². The molecule has 0 N–H and O–H groups in total. The van der Waals surface area contributed by atoms with Crippen molar-refractivity contribution >= 4 is 20.8 Å². The Hall–Kier alpha value is -1.47. The van der Waals surface area contributed by atoms with E-state index >= 15 is 0 Å². The molecule has 1 atom stereocenters. The molecule has 6 heteroatoms. The standard InChI is InChI=1S/C18H23NO4S/c1-19(24(20,21)14-17-13-22-11-12-23-17)10-9-16-7-4-6-15-5-2-3-8-18(15)16/h2-8,17H,9-14H2,1H3. The number of likely N-dealkylation sites (N-methyl/N-ethyl adjacent to an activating group) is 1. The summed E-state index contributed by atoms with van der Waals surface area (Å²) in [4.78, 5) is 0. The number of rotatable bonds is 6. The summed E-state index contributed by atoms with van der Waals surface area (Å²) in [6.45, 7) is 1.79. The van der Waals surface area contributed by atoms with Crippen LogP contribution in [-0.2, 0) is 25.9 Å². The van der Waals surface area contributed by atoms with Gasteiger partial charge in [0.2, 0.25) is 10.0 Å². The maximum atomic E-state index is 12.5. The molecule has 0 radical (unpaired) electrons. The van der Waals surface area contributed by atoms with Crippen molar-refractivity contribution < 1.29 is 17.9 Å². The molecule has 5 nitrogen and oxygen atoms in total. The highest BCUT2D eigenvalue weighted by Gasteiger charge is 2.25. The van der Waals surface area contributed by atoms with Crippen molar-refractivity contribution in [1.82, 2.24) is 4.31 Å². The van der Waals surface area contributed by atoms with E-state index in [1.54, 1.807) is 7.05 Å². The molecule has 0 saturated carbocycles. The Bertz CT molecular complexity index is 779. The predicted molar refractivity (Wildman–Crippen MR) is 94.6 cm³/mol. The molecular formula is C18H23NO4S. The Morgan fingerprint density at radius 2 is 1.92 bits per heavy atom. The van der Waals surface area contributed by atoms with Gasteiger partial charge in [-0.2, -0.15) is 0 Å². The van der Waals surface area contributed by atoms with Crippen LogP contribution in [0.4, 0.5) is 0 Å². The van der Waals surface area contributed by atoms with Gasteiger partial charge in [0.05, 0.1) is 31.7 Å². The highest BCUT2D eigenvalue weighted by atomic mass is 32.2. The van der Waals surface area contributed by atoms with Gasteiger partial charge in [-0.3, -0.25) is 0 Å². The van der Waals surface area contributed by atoms with Crippen molar-refractivity contribution in [1.29, 1.82) is 0 Å². The van der Waals surface area contributed by atoms with E-state index in [-0.39, 0.29) is 11.9 Å². The minimum atomic E-state index is -3.35. The van der Waals surface area contributed by atoms with Crippen LogP contribution in [0.1, 0.15) is 5.56 Å². The monoisotopic (exact) mass is 349 g/mol. The van der Waals surface area contributed by atoms with Crippen LogP contribution in [0, 0.1) is 0 Å². The van der Waals surface area contributed by atoms with Gasteiger partial charge in [0, 0.05) is 13.6 Å². The van der Waals surface area contributed by atoms with Gasteiger partial charge in [0.15, 0.2) is 0 Å². The normalized spacial score (nSPS) is 19.0. The maximum Gasteiger partial charge on any atom is 0.216 e. The summed E-state index contributed by atoms with van der Waals surface area (Å²) in [6, 6.07) is 14.3. The molecule has 2 aromatic rings. The molecule has 1 aliphatic heterocycles. The van der Waals surface area contributed by atoms with Gasteiger partial charge in [-0.05, 0) is 22.8 Å². The van der Waals surface area contributed by atoms with Crippen LogP contribution >= 0.6 is 0 Å². The van der Waals surface area contributed by atoms with Crippen LogP contribution in [0.5, 0.6) is 0 Å². The first-order chi connectivity index (χ1) is 11.6. The summed E-state index contributed by atoms with van der Waals surface area (Å²) in [5.41, 5.74) is 1.16. The predicted octanol–water partition coefficient (Wildman–Crippen LogP) is 2.06. The molecule has 2 aromatic carbocycles. The smallest absolute Gasteiger partial charge is 0.216 e. The zero-order valence-electron chi connectivity index (χ0n) is 13.8. The first-order valence-electron chi connectivity index (χ1n) is 8.16. The summed E-state index contributed by atoms with van der Waals surface area (Å²) in [5.74, 6) is -0.0287. The van der Waals surface area contributed by atoms with Crippen molar-refractivity contribution in [3.05, 3.63) is 48.0 Å². The largest absolute Gasteiger partial charge is 0.376 e. The molecule has 1 fully saturated rings. The Labute approximate surface area is 143 Å². The first kappa shape index (κ1) is 17.4. The highest BCUT2D eigenvalue weighted by Crippen LogP contribution is 2.19. The second-order valence-electron chi connectivity index (χ2n) is 6.06. The highest BCUT2D eigenvalue weighted by molar-refractivity contribution is 7.89. The summed E-state index contributed by atoms with van der Waals surface area (Å²) in [6.07, 6.45) is 0.308. The molecule has 1 heterocycles. The minimum absolute atomic E-state index is 0.0287. The zero-order valence-corrected chi connectivity index (χ0v) is 14.7. The Morgan fingerprint density at radius 1 is 1.12 bits per heavy atom. The second kappa shape index (κ2) is 7.61. The molecule has 0 aliphatic carbocycles. The van der Waals surface area contributed by atoms with E-state index in [2.05, 4.69) is 24.3 Å². The SMILES string of the molecule is CN(CCc1cccc2ccccc12)S(=O)(=O)CC1COCCO1. The van der Waals surface area contributed by atoms with Gasteiger partial charge >= 0.3 is 0 Å². The molecule has 0 aromatic heterocycles. The van der Waals surface area contributed by atoms with Gasteiger partial charge in [0.1, 0.15) is 0 Å². The summed E-state index contributed by atoms with van der Waals surface area (Å²) < 4.78 is 37.1. The third-order valence-electron chi connectivity index (χ3n) is 4.33. The molecule has 24 heavy (non-hydrogen) atoms. The van der Waals surface area contributed by atoms with Crippen molar-refractivity contribution in [2.75, 3.05) is 39.2 Å². The van der Waals surface area contributed by atoms with Crippen molar-refractivity contribution in [3.63, 3.8) is 0 Å². The number of hydrogen-bond donors (Lipinski definition) is 0. The number of ether oxygens (including phenoxy) is 2. The minimum Gasteiger partial charge on any atom is -0.376 e. The van der Waals surface area contributed by atoms with E-state index in [0.29, 0.717) is 32.8 Å². The van der Waals surface area contributed by atoms with Crippen molar-refractivity contribution in [2.24, 2.45) is 0 Å². The lowest BCUT2D eigenvalue weighted by Gasteiger charge is -2.25. The fourth-order valence-electron chi connectivity index (χ4n) is 2.92. The van der Waals surface area contributed by atoms with Crippen LogP contribution in [0.25, 0.3) is 10.8 Å². The average Bonchev–Trinajstić information content (AvgIpc) is 2.60. The lowest BCUT2D eigenvalue weighted by Crippen LogP contribution is -2.40. The first-order valence-corrected chi connectivity index (χ1v) is 9.77. The van der Waals surface area contributed by atoms with Gasteiger partial charge in [0.25, 0.3) is 0 Å². The maximum absolute atomic E-state index is 12.5. The molecular weight excluding hydrogens is 326 g/mol. The molecule has 130 valence electrons. The van der Waals surface area contributed by atoms with E-state index in [1.165, 1.54) is 15.1 Å². The average molecular weight is 349 g/mol. The van der Waals surface area contributed by atoms with Gasteiger partial charge in [-0.25, -0.2) is 12.7 Å². The van der Waals surface area contributed by atoms with E-state index in [9.17, 15) is 8.42 Å². The zero-order chi connectivity index (χ0) is 17.0. The quantitative estimate of drug-likeness (QED) is 0.801.